The number of rotatable bonds is 9. The van der Waals surface area contributed by atoms with Gasteiger partial charge in [-0.2, -0.15) is 0 Å². The van der Waals surface area contributed by atoms with Gasteiger partial charge in [-0.25, -0.2) is 9.13 Å². The maximum absolute atomic E-state index is 10.3. The number of unbranched alkanes of at least 4 members (excludes halogenated alkanes) is 2. The third kappa shape index (κ3) is 5.47. The molecular formula is C32H55IN2O. The Labute approximate surface area is 239 Å². The summed E-state index contributed by atoms with van der Waals surface area (Å²) in [7, 11) is 0. The minimum absolute atomic E-state index is 0. The monoisotopic (exact) mass is 610 g/mol. The van der Waals surface area contributed by atoms with Gasteiger partial charge in [0.2, 0.25) is 6.33 Å². The molecule has 0 aliphatic heterocycles. The molecule has 36 heavy (non-hydrogen) atoms. The van der Waals surface area contributed by atoms with Crippen LogP contribution in [-0.2, 0) is 13.1 Å². The molecule has 1 aromatic heterocycles. The minimum Gasteiger partial charge on any atom is -1.00 e. The van der Waals surface area contributed by atoms with Crippen molar-refractivity contribution < 1.29 is 33.7 Å². The van der Waals surface area contributed by atoms with Crippen molar-refractivity contribution in [2.24, 2.45) is 46.3 Å². The van der Waals surface area contributed by atoms with E-state index in [9.17, 15) is 5.11 Å². The molecule has 0 saturated heterocycles. The van der Waals surface area contributed by atoms with Gasteiger partial charge in [-0.3, -0.25) is 0 Å². The van der Waals surface area contributed by atoms with Crippen molar-refractivity contribution >= 4 is 0 Å². The highest BCUT2D eigenvalue weighted by Crippen LogP contribution is 2.68. The van der Waals surface area contributed by atoms with E-state index in [1.165, 1.54) is 90.1 Å². The van der Waals surface area contributed by atoms with Crippen molar-refractivity contribution in [1.82, 2.24) is 4.57 Å². The van der Waals surface area contributed by atoms with E-state index in [1.807, 2.05) is 0 Å². The van der Waals surface area contributed by atoms with Gasteiger partial charge in [0, 0.05) is 0 Å². The molecule has 0 radical (unpaired) electrons. The molecule has 1 aromatic rings. The molecule has 206 valence electrons. The zero-order valence-electron chi connectivity index (χ0n) is 23.8. The molecule has 0 spiro atoms. The van der Waals surface area contributed by atoms with Crippen molar-refractivity contribution in [2.75, 3.05) is 0 Å². The van der Waals surface area contributed by atoms with Gasteiger partial charge in [-0.15, -0.1) is 0 Å². The van der Waals surface area contributed by atoms with Crippen LogP contribution in [0.5, 0.6) is 0 Å². The fourth-order valence-electron chi connectivity index (χ4n) is 10.3. The highest BCUT2D eigenvalue weighted by atomic mass is 127. The highest BCUT2D eigenvalue weighted by Gasteiger charge is 2.60. The van der Waals surface area contributed by atoms with Gasteiger partial charge in [0.15, 0.2) is 0 Å². The van der Waals surface area contributed by atoms with Gasteiger partial charge >= 0.3 is 0 Å². The molecule has 0 aromatic carbocycles. The Morgan fingerprint density at radius 3 is 2.56 bits per heavy atom. The molecule has 9 atom stereocenters. The SMILES string of the molecule is CCCCCn1cc[n+](CCC[C@@H](C)[C@H]2CC[C@H]3[C@@H]4CC[C@@H]5C[C@H](O)CC[C@]5(C)[C@H]4CC[C@]23C)c1.[I-]. The number of aliphatic hydroxyl groups is 1. The van der Waals surface area contributed by atoms with Gasteiger partial charge in [0.1, 0.15) is 12.4 Å². The number of imidazole rings is 1. The van der Waals surface area contributed by atoms with Gasteiger partial charge in [0.05, 0.1) is 19.2 Å². The van der Waals surface area contributed by atoms with Crippen molar-refractivity contribution in [3.8, 4) is 0 Å². The third-order valence-electron chi connectivity index (χ3n) is 12.2. The van der Waals surface area contributed by atoms with Crippen LogP contribution in [0.3, 0.4) is 0 Å². The summed E-state index contributed by atoms with van der Waals surface area (Å²) in [5.74, 6) is 5.42. The highest BCUT2D eigenvalue weighted by molar-refractivity contribution is 5.09. The lowest BCUT2D eigenvalue weighted by Crippen LogP contribution is -3.00. The fourth-order valence-corrected chi connectivity index (χ4v) is 10.3. The molecule has 1 N–H and O–H groups in total. The van der Waals surface area contributed by atoms with E-state index in [0.29, 0.717) is 10.8 Å². The van der Waals surface area contributed by atoms with Crippen LogP contribution in [0.4, 0.5) is 0 Å². The number of hydrogen-bond acceptors (Lipinski definition) is 1. The lowest BCUT2D eigenvalue weighted by atomic mass is 9.44. The summed E-state index contributed by atoms with van der Waals surface area (Å²) in [5.41, 5.74) is 1.09. The van der Waals surface area contributed by atoms with Crippen molar-refractivity contribution in [3.05, 3.63) is 18.7 Å². The number of aryl methyl sites for hydroxylation is 2. The quantitative estimate of drug-likeness (QED) is 0.251. The van der Waals surface area contributed by atoms with Crippen LogP contribution in [-0.4, -0.2) is 15.8 Å². The first-order valence-electron chi connectivity index (χ1n) is 15.6. The summed E-state index contributed by atoms with van der Waals surface area (Å²) >= 11 is 0. The fraction of sp³-hybridized carbons (Fsp3) is 0.906. The average Bonchev–Trinajstić information content (AvgIpc) is 3.43. The Morgan fingerprint density at radius 1 is 0.972 bits per heavy atom. The second kappa shape index (κ2) is 12.0. The second-order valence-corrected chi connectivity index (χ2v) is 14.0. The van der Waals surface area contributed by atoms with Crippen LogP contribution < -0.4 is 28.5 Å². The normalized spacial score (nSPS) is 40.6. The maximum atomic E-state index is 10.3. The summed E-state index contributed by atoms with van der Waals surface area (Å²) in [6.45, 7) is 12.6. The molecular weight excluding hydrogens is 555 g/mol. The Morgan fingerprint density at radius 2 is 1.75 bits per heavy atom. The van der Waals surface area contributed by atoms with Gasteiger partial charge in [-0.1, -0.05) is 34.1 Å². The van der Waals surface area contributed by atoms with Crippen LogP contribution in [0.2, 0.25) is 0 Å². The molecule has 4 fully saturated rings. The third-order valence-corrected chi connectivity index (χ3v) is 12.2. The zero-order chi connectivity index (χ0) is 24.6. The molecule has 0 unspecified atom stereocenters. The van der Waals surface area contributed by atoms with Crippen molar-refractivity contribution in [1.29, 1.82) is 0 Å². The summed E-state index contributed by atoms with van der Waals surface area (Å²) in [4.78, 5) is 0. The van der Waals surface area contributed by atoms with E-state index >= 15 is 0 Å². The summed E-state index contributed by atoms with van der Waals surface area (Å²) in [6.07, 6.45) is 25.6. The first-order valence-corrected chi connectivity index (χ1v) is 15.6. The van der Waals surface area contributed by atoms with E-state index in [2.05, 4.69) is 55.6 Å². The van der Waals surface area contributed by atoms with Crippen molar-refractivity contribution in [2.45, 2.75) is 137 Å². The Hall–Kier alpha value is -0.100. The lowest BCUT2D eigenvalue weighted by Gasteiger charge is -2.61. The van der Waals surface area contributed by atoms with Crippen LogP contribution in [0.15, 0.2) is 18.7 Å². The van der Waals surface area contributed by atoms with Crippen LogP contribution in [0.25, 0.3) is 0 Å². The van der Waals surface area contributed by atoms with Crippen LogP contribution >= 0.6 is 0 Å². The minimum atomic E-state index is -0.0204. The molecule has 4 heteroatoms. The first-order chi connectivity index (χ1) is 16.8. The van der Waals surface area contributed by atoms with Crippen LogP contribution in [0, 0.1) is 46.3 Å². The summed E-state index contributed by atoms with van der Waals surface area (Å²) < 4.78 is 4.80. The molecule has 4 saturated carbocycles. The number of aromatic nitrogens is 2. The molecule has 3 nitrogen and oxygen atoms in total. The Kier molecular flexibility index (Phi) is 9.60. The second-order valence-electron chi connectivity index (χ2n) is 14.0. The number of nitrogens with zero attached hydrogens (tertiary/aromatic N) is 2. The lowest BCUT2D eigenvalue weighted by molar-refractivity contribution is -0.697. The predicted molar refractivity (Wildman–Crippen MR) is 144 cm³/mol. The van der Waals surface area contributed by atoms with E-state index in [0.717, 1.165) is 48.3 Å². The van der Waals surface area contributed by atoms with Crippen molar-refractivity contribution in [3.63, 3.8) is 0 Å². The van der Waals surface area contributed by atoms with E-state index < -0.39 is 0 Å². The first kappa shape index (κ1) is 28.9. The van der Waals surface area contributed by atoms with E-state index in [1.54, 1.807) is 0 Å². The van der Waals surface area contributed by atoms with Gasteiger partial charge in [-0.05, 0) is 130 Å². The zero-order valence-corrected chi connectivity index (χ0v) is 26.0. The molecule has 4 aliphatic carbocycles. The van der Waals surface area contributed by atoms with Crippen LogP contribution in [0.1, 0.15) is 118 Å². The number of hydrogen-bond donors (Lipinski definition) is 1. The maximum Gasteiger partial charge on any atom is 0.243 e. The van der Waals surface area contributed by atoms with E-state index in [4.69, 9.17) is 0 Å². The number of fused-ring (bicyclic) bond motifs is 5. The standard InChI is InChI=1S/C32H55N2O.HI/c1-5-6-7-18-33-20-21-34(23-33)19-8-9-24(2)28-12-13-29-27-11-10-25-22-26(35)14-16-31(25,3)30(27)15-17-32(28,29)4;/h20-21,23-30,35H,5-19,22H2,1-4H3;1H/q+1;/p-1/t24-,25-,26-,27+,28-,29+,30+,31+,32-;/m1./s1. The summed E-state index contributed by atoms with van der Waals surface area (Å²) in [6, 6.07) is 0. The molecule has 0 bridgehead atoms. The molecule has 1 heterocycles. The molecule has 0 amide bonds. The topological polar surface area (TPSA) is 29.0 Å². The van der Waals surface area contributed by atoms with E-state index in [-0.39, 0.29) is 30.1 Å². The van der Waals surface area contributed by atoms with Gasteiger partial charge in [0.25, 0.3) is 0 Å². The number of halogens is 1. The molecule has 5 rings (SSSR count). The van der Waals surface area contributed by atoms with Gasteiger partial charge < -0.3 is 29.1 Å². The summed E-state index contributed by atoms with van der Waals surface area (Å²) in [5, 5.41) is 10.3. The predicted octanol–water partition coefficient (Wildman–Crippen LogP) is 4.41. The average molecular weight is 611 g/mol. The number of aliphatic hydroxyl groups excluding tert-OH is 1. The Bertz CT molecular complexity index is 840. The smallest absolute Gasteiger partial charge is 0.243 e. The molecule has 4 aliphatic rings. The largest absolute Gasteiger partial charge is 1.00 e. The Balaban J connectivity index is 0.00000304.